The number of anilines is 1. The minimum atomic E-state index is -4.59. The number of carbonyl (C=O) groups excluding carboxylic acids is 1. The van der Waals surface area contributed by atoms with Gasteiger partial charge in [-0.3, -0.25) is 4.79 Å². The van der Waals surface area contributed by atoms with Crippen molar-refractivity contribution in [2.45, 2.75) is 12.6 Å². The molecule has 2 N–H and O–H groups in total. The lowest BCUT2D eigenvalue weighted by Gasteiger charge is -2.11. The fourth-order valence-corrected chi connectivity index (χ4v) is 2.05. The maximum absolute atomic E-state index is 12.7. The largest absolute Gasteiger partial charge is 0.508 e. The average Bonchev–Trinajstić information content (AvgIpc) is 2.42. The number of halogens is 4. The maximum Gasteiger partial charge on any atom is 0.417 e. The first-order valence-corrected chi connectivity index (χ1v) is 6.58. The van der Waals surface area contributed by atoms with Crippen LogP contribution in [-0.2, 0) is 17.4 Å². The molecule has 7 heteroatoms. The highest BCUT2D eigenvalue weighted by Crippen LogP contribution is 2.36. The van der Waals surface area contributed by atoms with Crippen LogP contribution in [0.2, 0.25) is 5.02 Å². The highest BCUT2D eigenvalue weighted by Gasteiger charge is 2.33. The monoisotopic (exact) mass is 329 g/mol. The van der Waals surface area contributed by atoms with Crippen LogP contribution in [0.25, 0.3) is 0 Å². The molecule has 0 unspecified atom stereocenters. The second-order valence-electron chi connectivity index (χ2n) is 4.58. The standard InChI is InChI=1S/C15H11ClF3NO2/c16-13-6-3-10(8-12(13)15(17,18)19)20-14(22)7-9-1-4-11(21)5-2-9/h1-6,8,21H,7H2,(H,20,22). The zero-order chi connectivity index (χ0) is 16.3. The molecule has 2 rings (SSSR count). The van der Waals surface area contributed by atoms with Crippen LogP contribution in [-0.4, -0.2) is 11.0 Å². The number of hydrogen-bond acceptors (Lipinski definition) is 2. The Hall–Kier alpha value is -2.21. The zero-order valence-electron chi connectivity index (χ0n) is 11.1. The number of aromatic hydroxyl groups is 1. The normalized spacial score (nSPS) is 11.3. The summed E-state index contributed by atoms with van der Waals surface area (Å²) in [5.74, 6) is -0.405. The summed E-state index contributed by atoms with van der Waals surface area (Å²) in [5.41, 5.74) is -0.364. The van der Waals surface area contributed by atoms with Gasteiger partial charge in [0, 0.05) is 5.69 Å². The van der Waals surface area contributed by atoms with Crippen LogP contribution in [0.3, 0.4) is 0 Å². The second-order valence-corrected chi connectivity index (χ2v) is 4.99. The van der Waals surface area contributed by atoms with Crippen molar-refractivity contribution in [2.24, 2.45) is 0 Å². The van der Waals surface area contributed by atoms with Gasteiger partial charge < -0.3 is 10.4 Å². The molecule has 22 heavy (non-hydrogen) atoms. The highest BCUT2D eigenvalue weighted by molar-refractivity contribution is 6.31. The van der Waals surface area contributed by atoms with Crippen LogP contribution in [0.4, 0.5) is 18.9 Å². The molecule has 2 aromatic rings. The Labute approximate surface area is 129 Å². The number of alkyl halides is 3. The first-order chi connectivity index (χ1) is 10.3. The van der Waals surface area contributed by atoms with Crippen LogP contribution in [0.5, 0.6) is 5.75 Å². The summed E-state index contributed by atoms with van der Waals surface area (Å²) in [4.78, 5) is 11.8. The molecule has 0 heterocycles. The number of phenolic OH excluding ortho intramolecular Hbond substituents is 1. The van der Waals surface area contributed by atoms with E-state index in [0.29, 0.717) is 5.56 Å². The van der Waals surface area contributed by atoms with Crippen molar-refractivity contribution in [1.82, 2.24) is 0 Å². The summed E-state index contributed by atoms with van der Waals surface area (Å²) < 4.78 is 38.2. The minimum Gasteiger partial charge on any atom is -0.508 e. The summed E-state index contributed by atoms with van der Waals surface area (Å²) in [6, 6.07) is 9.12. The van der Waals surface area contributed by atoms with E-state index < -0.39 is 22.7 Å². The van der Waals surface area contributed by atoms with E-state index in [1.54, 1.807) is 12.1 Å². The third-order valence-corrected chi connectivity index (χ3v) is 3.19. The van der Waals surface area contributed by atoms with Gasteiger partial charge in [0.15, 0.2) is 0 Å². The first kappa shape index (κ1) is 16.2. The Morgan fingerprint density at radius 2 is 1.77 bits per heavy atom. The second kappa shape index (κ2) is 6.27. The van der Waals surface area contributed by atoms with E-state index in [1.165, 1.54) is 18.2 Å². The quantitative estimate of drug-likeness (QED) is 0.884. The molecule has 0 bridgehead atoms. The number of phenols is 1. The Bertz CT molecular complexity index is 684. The van der Waals surface area contributed by atoms with Crippen LogP contribution in [0.15, 0.2) is 42.5 Å². The van der Waals surface area contributed by atoms with Crippen molar-refractivity contribution >= 4 is 23.2 Å². The van der Waals surface area contributed by atoms with Crippen molar-refractivity contribution in [2.75, 3.05) is 5.32 Å². The average molecular weight is 330 g/mol. The van der Waals surface area contributed by atoms with Crippen LogP contribution >= 0.6 is 11.6 Å². The summed E-state index contributed by atoms with van der Waals surface area (Å²) in [7, 11) is 0. The lowest BCUT2D eigenvalue weighted by atomic mass is 10.1. The number of carbonyl (C=O) groups is 1. The molecule has 0 fully saturated rings. The SMILES string of the molecule is O=C(Cc1ccc(O)cc1)Nc1ccc(Cl)c(C(F)(F)F)c1. The molecular formula is C15H11ClF3NO2. The van der Waals surface area contributed by atoms with E-state index in [1.807, 2.05) is 0 Å². The third-order valence-electron chi connectivity index (χ3n) is 2.86. The lowest BCUT2D eigenvalue weighted by molar-refractivity contribution is -0.137. The van der Waals surface area contributed by atoms with Crippen molar-refractivity contribution in [1.29, 1.82) is 0 Å². The Balaban J connectivity index is 2.10. The predicted octanol–water partition coefficient (Wildman–Crippen LogP) is 4.25. The van der Waals surface area contributed by atoms with Gasteiger partial charge in [-0.1, -0.05) is 23.7 Å². The molecule has 0 saturated carbocycles. The van der Waals surface area contributed by atoms with Crippen molar-refractivity contribution in [3.8, 4) is 5.75 Å². The van der Waals surface area contributed by atoms with Crippen LogP contribution < -0.4 is 5.32 Å². The molecule has 0 aliphatic carbocycles. The first-order valence-electron chi connectivity index (χ1n) is 6.20. The maximum atomic E-state index is 12.7. The van der Waals surface area contributed by atoms with Crippen molar-refractivity contribution < 1.29 is 23.1 Å². The van der Waals surface area contributed by atoms with Gasteiger partial charge in [-0.05, 0) is 35.9 Å². The fraction of sp³-hybridized carbons (Fsp3) is 0.133. The predicted molar refractivity (Wildman–Crippen MR) is 76.9 cm³/mol. The van der Waals surface area contributed by atoms with Gasteiger partial charge in [-0.2, -0.15) is 13.2 Å². The summed E-state index contributed by atoms with van der Waals surface area (Å²) in [5, 5.41) is 11.1. The molecule has 116 valence electrons. The topological polar surface area (TPSA) is 49.3 Å². The van der Waals surface area contributed by atoms with E-state index >= 15 is 0 Å². The number of amides is 1. The number of rotatable bonds is 3. The minimum absolute atomic E-state index is 0.0144. The van der Waals surface area contributed by atoms with Gasteiger partial charge in [0.25, 0.3) is 0 Å². The Kier molecular flexibility index (Phi) is 4.61. The van der Waals surface area contributed by atoms with E-state index in [-0.39, 0.29) is 17.9 Å². The molecule has 3 nitrogen and oxygen atoms in total. The van der Waals surface area contributed by atoms with Gasteiger partial charge in [-0.15, -0.1) is 0 Å². The van der Waals surface area contributed by atoms with Gasteiger partial charge in [-0.25, -0.2) is 0 Å². The summed E-state index contributed by atoms with van der Waals surface area (Å²) in [6.45, 7) is 0. The van der Waals surface area contributed by atoms with Gasteiger partial charge in [0.05, 0.1) is 17.0 Å². The lowest BCUT2D eigenvalue weighted by Crippen LogP contribution is -2.15. The Morgan fingerprint density at radius 3 is 2.36 bits per heavy atom. The molecule has 0 aromatic heterocycles. The number of hydrogen-bond donors (Lipinski definition) is 2. The summed E-state index contributed by atoms with van der Waals surface area (Å²) in [6.07, 6.45) is -4.61. The van der Waals surface area contributed by atoms with Gasteiger partial charge in [0.2, 0.25) is 5.91 Å². The molecular weight excluding hydrogens is 319 g/mol. The molecule has 0 radical (unpaired) electrons. The fourth-order valence-electron chi connectivity index (χ4n) is 1.82. The highest BCUT2D eigenvalue weighted by atomic mass is 35.5. The van der Waals surface area contributed by atoms with E-state index in [9.17, 15) is 18.0 Å². The van der Waals surface area contributed by atoms with Crippen LogP contribution in [0, 0.1) is 0 Å². The van der Waals surface area contributed by atoms with Crippen molar-refractivity contribution in [3.63, 3.8) is 0 Å². The van der Waals surface area contributed by atoms with Gasteiger partial charge >= 0.3 is 6.18 Å². The molecule has 0 saturated heterocycles. The van der Waals surface area contributed by atoms with Crippen LogP contribution in [0.1, 0.15) is 11.1 Å². The molecule has 1 amide bonds. The van der Waals surface area contributed by atoms with Crippen molar-refractivity contribution in [3.05, 3.63) is 58.6 Å². The number of benzene rings is 2. The van der Waals surface area contributed by atoms with E-state index in [0.717, 1.165) is 12.1 Å². The number of nitrogens with one attached hydrogen (secondary N) is 1. The smallest absolute Gasteiger partial charge is 0.417 e. The molecule has 0 atom stereocenters. The molecule has 0 aliphatic heterocycles. The van der Waals surface area contributed by atoms with Gasteiger partial charge in [0.1, 0.15) is 5.75 Å². The summed E-state index contributed by atoms with van der Waals surface area (Å²) >= 11 is 5.51. The molecule has 0 aliphatic rings. The molecule has 0 spiro atoms. The third kappa shape index (κ3) is 4.14. The Morgan fingerprint density at radius 1 is 1.14 bits per heavy atom. The zero-order valence-corrected chi connectivity index (χ0v) is 11.9. The van der Waals surface area contributed by atoms with E-state index in [2.05, 4.69) is 5.32 Å². The molecule has 2 aromatic carbocycles. The van der Waals surface area contributed by atoms with E-state index in [4.69, 9.17) is 16.7 Å².